The third kappa shape index (κ3) is 4.54. The van der Waals surface area contributed by atoms with E-state index in [1.165, 1.54) is 0 Å². The second-order valence-electron chi connectivity index (χ2n) is 6.24. The maximum absolute atomic E-state index is 12.5. The molecule has 1 fully saturated rings. The largest absolute Gasteiger partial charge is 0.393 e. The Morgan fingerprint density at radius 3 is 2.92 bits per heavy atom. The first-order valence-electron chi connectivity index (χ1n) is 8.28. The second kappa shape index (κ2) is 7.91. The summed E-state index contributed by atoms with van der Waals surface area (Å²) in [5.41, 5.74) is 1.13. The third-order valence-electron chi connectivity index (χ3n) is 4.25. The van der Waals surface area contributed by atoms with E-state index in [2.05, 4.69) is 4.98 Å². The van der Waals surface area contributed by atoms with Crippen molar-refractivity contribution in [1.29, 1.82) is 0 Å². The lowest BCUT2D eigenvalue weighted by atomic mass is 9.93. The summed E-state index contributed by atoms with van der Waals surface area (Å²) in [6, 6.07) is 9.89. The zero-order chi connectivity index (χ0) is 17.7. The number of amides is 1. The molecule has 0 bridgehead atoms. The molecule has 1 aromatic heterocycles. The van der Waals surface area contributed by atoms with Gasteiger partial charge in [-0.15, -0.1) is 11.3 Å². The molecule has 1 aliphatic heterocycles. The molecule has 0 spiro atoms. The molecule has 1 saturated heterocycles. The number of nitrogens with zero attached hydrogens (tertiary/aromatic N) is 2. The van der Waals surface area contributed by atoms with E-state index in [1.807, 2.05) is 42.6 Å². The summed E-state index contributed by atoms with van der Waals surface area (Å²) in [5.74, 6) is -0.0835. The van der Waals surface area contributed by atoms with Crippen molar-refractivity contribution in [3.8, 4) is 0 Å². The SMILES string of the molecule is Cc1nc(/C=C/C(=O)N2CCOC(CO)(Cc3ccccc3)C2)cs1. The highest BCUT2D eigenvalue weighted by Crippen LogP contribution is 2.23. The number of rotatable bonds is 5. The molecule has 1 unspecified atom stereocenters. The molecule has 0 saturated carbocycles. The van der Waals surface area contributed by atoms with E-state index in [9.17, 15) is 9.90 Å². The summed E-state index contributed by atoms with van der Waals surface area (Å²) in [4.78, 5) is 18.6. The Balaban J connectivity index is 1.68. The zero-order valence-corrected chi connectivity index (χ0v) is 15.0. The number of aromatic nitrogens is 1. The maximum atomic E-state index is 12.5. The van der Waals surface area contributed by atoms with Crippen molar-refractivity contribution in [3.63, 3.8) is 0 Å². The van der Waals surface area contributed by atoms with Crippen molar-refractivity contribution < 1.29 is 14.6 Å². The number of ether oxygens (including phenoxy) is 1. The van der Waals surface area contributed by atoms with Crippen LogP contribution in [0, 0.1) is 6.92 Å². The minimum absolute atomic E-state index is 0.0835. The van der Waals surface area contributed by atoms with E-state index in [0.29, 0.717) is 26.1 Å². The monoisotopic (exact) mass is 358 g/mol. The predicted molar refractivity (Wildman–Crippen MR) is 98.4 cm³/mol. The van der Waals surface area contributed by atoms with Gasteiger partial charge in [0.05, 0.1) is 30.5 Å². The van der Waals surface area contributed by atoms with Crippen molar-refractivity contribution in [2.24, 2.45) is 0 Å². The van der Waals surface area contributed by atoms with Crippen LogP contribution in [0.1, 0.15) is 16.3 Å². The van der Waals surface area contributed by atoms with Crippen molar-refractivity contribution in [2.45, 2.75) is 18.9 Å². The van der Waals surface area contributed by atoms with Gasteiger partial charge in [-0.2, -0.15) is 0 Å². The van der Waals surface area contributed by atoms with Gasteiger partial charge in [0.25, 0.3) is 0 Å². The molecule has 1 amide bonds. The van der Waals surface area contributed by atoms with Crippen LogP contribution in [-0.2, 0) is 16.0 Å². The Morgan fingerprint density at radius 2 is 2.24 bits per heavy atom. The van der Waals surface area contributed by atoms with E-state index >= 15 is 0 Å². The van der Waals surface area contributed by atoms with Crippen molar-refractivity contribution in [3.05, 3.63) is 58.1 Å². The van der Waals surface area contributed by atoms with Crippen molar-refractivity contribution in [2.75, 3.05) is 26.3 Å². The highest BCUT2D eigenvalue weighted by molar-refractivity contribution is 7.09. The van der Waals surface area contributed by atoms with Gasteiger partial charge < -0.3 is 14.7 Å². The minimum Gasteiger partial charge on any atom is -0.393 e. The first-order chi connectivity index (χ1) is 12.1. The average molecular weight is 358 g/mol. The molecule has 25 heavy (non-hydrogen) atoms. The number of hydrogen-bond acceptors (Lipinski definition) is 5. The molecule has 6 heteroatoms. The highest BCUT2D eigenvalue weighted by Gasteiger charge is 2.37. The molecule has 3 rings (SSSR count). The van der Waals surface area contributed by atoms with Gasteiger partial charge in [0.15, 0.2) is 0 Å². The number of morpholine rings is 1. The van der Waals surface area contributed by atoms with Gasteiger partial charge in [-0.1, -0.05) is 30.3 Å². The van der Waals surface area contributed by atoms with Gasteiger partial charge in [-0.3, -0.25) is 4.79 Å². The second-order valence-corrected chi connectivity index (χ2v) is 7.30. The van der Waals surface area contributed by atoms with E-state index < -0.39 is 5.60 Å². The lowest BCUT2D eigenvalue weighted by molar-refractivity contribution is -0.153. The number of carbonyl (C=O) groups is 1. The van der Waals surface area contributed by atoms with Crippen LogP contribution < -0.4 is 0 Å². The Morgan fingerprint density at radius 1 is 1.44 bits per heavy atom. The van der Waals surface area contributed by atoms with Crippen LogP contribution in [0.4, 0.5) is 0 Å². The molecule has 1 N–H and O–H groups in total. The maximum Gasteiger partial charge on any atom is 0.246 e. The fraction of sp³-hybridized carbons (Fsp3) is 0.368. The van der Waals surface area contributed by atoms with Crippen LogP contribution in [0.25, 0.3) is 6.08 Å². The molecule has 0 radical (unpaired) electrons. The lowest BCUT2D eigenvalue weighted by Crippen LogP contribution is -2.56. The number of aliphatic hydroxyl groups is 1. The summed E-state index contributed by atoms with van der Waals surface area (Å²) in [6.45, 7) is 3.13. The van der Waals surface area contributed by atoms with Gasteiger partial charge in [-0.05, 0) is 18.6 Å². The van der Waals surface area contributed by atoms with Crippen LogP contribution >= 0.6 is 11.3 Å². The normalized spacial score (nSPS) is 21.0. The standard InChI is InChI=1S/C19H22N2O3S/c1-15-20-17(12-25-15)7-8-18(23)21-9-10-24-19(13-21,14-22)11-16-5-3-2-4-6-16/h2-8,12,22H,9-11,13-14H2,1H3/b8-7+. The molecule has 5 nitrogen and oxygen atoms in total. The molecular formula is C19H22N2O3S. The van der Waals surface area contributed by atoms with Gasteiger partial charge >= 0.3 is 0 Å². The highest BCUT2D eigenvalue weighted by atomic mass is 32.1. The Kier molecular flexibility index (Phi) is 5.63. The fourth-order valence-electron chi connectivity index (χ4n) is 2.98. The van der Waals surface area contributed by atoms with Gasteiger partial charge in [-0.25, -0.2) is 4.98 Å². The van der Waals surface area contributed by atoms with Crippen LogP contribution in [0.3, 0.4) is 0 Å². The molecule has 1 atom stereocenters. The zero-order valence-electron chi connectivity index (χ0n) is 14.2. The Hall–Kier alpha value is -2.02. The Labute approximate surface area is 151 Å². The van der Waals surface area contributed by atoms with E-state index in [0.717, 1.165) is 16.3 Å². The number of hydrogen-bond donors (Lipinski definition) is 1. The van der Waals surface area contributed by atoms with Crippen molar-refractivity contribution >= 4 is 23.3 Å². The van der Waals surface area contributed by atoms with Crippen LogP contribution in [0.15, 0.2) is 41.8 Å². The minimum atomic E-state index is -0.750. The predicted octanol–water partition coefficient (Wildman–Crippen LogP) is 2.30. The summed E-state index contributed by atoms with van der Waals surface area (Å²) in [5, 5.41) is 12.8. The molecule has 1 aliphatic rings. The molecule has 2 aromatic rings. The summed E-state index contributed by atoms with van der Waals surface area (Å²) < 4.78 is 5.89. The average Bonchev–Trinajstić information content (AvgIpc) is 3.06. The molecule has 2 heterocycles. The Bertz CT molecular complexity index is 744. The molecular weight excluding hydrogens is 336 g/mol. The first-order valence-corrected chi connectivity index (χ1v) is 9.16. The third-order valence-corrected chi connectivity index (χ3v) is 5.04. The van der Waals surface area contributed by atoms with Crippen LogP contribution in [0.2, 0.25) is 0 Å². The number of carbonyl (C=O) groups excluding carboxylic acids is 1. The first kappa shape index (κ1) is 17.8. The number of thiazole rings is 1. The lowest BCUT2D eigenvalue weighted by Gasteiger charge is -2.41. The quantitative estimate of drug-likeness (QED) is 0.833. The van der Waals surface area contributed by atoms with Crippen LogP contribution in [-0.4, -0.2) is 52.8 Å². The van der Waals surface area contributed by atoms with Gasteiger partial charge in [0, 0.05) is 24.4 Å². The van der Waals surface area contributed by atoms with Crippen LogP contribution in [0.5, 0.6) is 0 Å². The summed E-state index contributed by atoms with van der Waals surface area (Å²) in [7, 11) is 0. The summed E-state index contributed by atoms with van der Waals surface area (Å²) >= 11 is 1.56. The number of benzene rings is 1. The van der Waals surface area contributed by atoms with Crippen molar-refractivity contribution in [1.82, 2.24) is 9.88 Å². The van der Waals surface area contributed by atoms with E-state index in [-0.39, 0.29) is 12.5 Å². The smallest absolute Gasteiger partial charge is 0.246 e. The fourth-order valence-corrected chi connectivity index (χ4v) is 3.56. The van der Waals surface area contributed by atoms with Gasteiger partial charge in [0.2, 0.25) is 5.91 Å². The number of aryl methyl sites for hydroxylation is 1. The molecule has 0 aliphatic carbocycles. The summed E-state index contributed by atoms with van der Waals surface area (Å²) in [6.07, 6.45) is 3.85. The van der Waals surface area contributed by atoms with E-state index in [1.54, 1.807) is 28.4 Å². The number of aliphatic hydroxyl groups excluding tert-OH is 1. The van der Waals surface area contributed by atoms with E-state index in [4.69, 9.17) is 4.74 Å². The molecule has 1 aromatic carbocycles. The topological polar surface area (TPSA) is 62.7 Å². The van der Waals surface area contributed by atoms with Gasteiger partial charge in [0.1, 0.15) is 5.60 Å². The molecule has 132 valence electrons.